The third kappa shape index (κ3) is 6.85. The van der Waals surface area contributed by atoms with Crippen LogP contribution in [0.1, 0.15) is 54.2 Å². The van der Waals surface area contributed by atoms with E-state index in [1.807, 2.05) is 49.4 Å². The lowest BCUT2D eigenvalue weighted by Gasteiger charge is -2.32. The van der Waals surface area contributed by atoms with E-state index >= 15 is 0 Å². The van der Waals surface area contributed by atoms with Gasteiger partial charge in [-0.05, 0) is 81.6 Å². The molecule has 2 aromatic carbocycles. The number of ether oxygens (including phenoxy) is 2. The van der Waals surface area contributed by atoms with E-state index in [4.69, 9.17) is 19.4 Å². The number of hydrogen-bond donors (Lipinski definition) is 1. The van der Waals surface area contributed by atoms with Gasteiger partial charge in [-0.25, -0.2) is 23.5 Å². The van der Waals surface area contributed by atoms with Crippen LogP contribution in [-0.2, 0) is 24.4 Å². The third-order valence-corrected chi connectivity index (χ3v) is 9.38. The molecule has 2 unspecified atom stereocenters. The molecule has 7 rings (SSSR count). The molecule has 0 saturated carbocycles. The van der Waals surface area contributed by atoms with Crippen molar-refractivity contribution in [3.05, 3.63) is 83.1 Å². The Bertz CT molecular complexity index is 1700. The Balaban J connectivity index is 0.997. The van der Waals surface area contributed by atoms with Gasteiger partial charge in [0.2, 0.25) is 5.88 Å². The number of carbonyl (C=O) groups excluding carboxylic acids is 1. The maximum absolute atomic E-state index is 14.3. The third-order valence-electron chi connectivity index (χ3n) is 9.38. The fourth-order valence-electron chi connectivity index (χ4n) is 6.57. The van der Waals surface area contributed by atoms with E-state index in [1.165, 1.54) is 11.0 Å². The van der Waals surface area contributed by atoms with Gasteiger partial charge < -0.3 is 24.3 Å². The number of fused-ring (bicyclic) bond motifs is 1. The number of nitrogens with zero attached hydrogens (tertiary/aromatic N) is 5. The molecule has 1 N–H and O–H groups in total. The largest absolute Gasteiger partial charge is 0.473 e. The maximum atomic E-state index is 14.3. The van der Waals surface area contributed by atoms with Gasteiger partial charge in [-0.1, -0.05) is 18.2 Å². The summed E-state index contributed by atoms with van der Waals surface area (Å²) < 4.78 is 41.8. The van der Waals surface area contributed by atoms with Gasteiger partial charge in [-0.2, -0.15) is 0 Å². The summed E-state index contributed by atoms with van der Waals surface area (Å²) in [4.78, 5) is 26.4. The number of imidazole rings is 1. The van der Waals surface area contributed by atoms with E-state index in [-0.39, 0.29) is 31.1 Å². The minimum absolute atomic E-state index is 0.134. The number of likely N-dealkylation sites (tertiary alicyclic amines) is 2. The first kappa shape index (κ1) is 30.6. The highest BCUT2D eigenvalue weighted by molar-refractivity contribution is 5.92. The van der Waals surface area contributed by atoms with Crippen LogP contribution < -0.4 is 10.1 Å². The molecule has 2 aromatic heterocycles. The summed E-state index contributed by atoms with van der Waals surface area (Å²) in [7, 11) is 0. The molecule has 0 radical (unpaired) electrons. The molecule has 3 aliphatic rings. The highest BCUT2D eigenvalue weighted by Gasteiger charge is 2.28. The molecule has 11 heteroatoms. The Hall–Kier alpha value is -4.09. The number of nitrogens with one attached hydrogen (secondary N) is 1. The van der Waals surface area contributed by atoms with Gasteiger partial charge in [0.25, 0.3) is 0 Å². The number of benzene rings is 2. The fourth-order valence-corrected chi connectivity index (χ4v) is 6.57. The zero-order valence-electron chi connectivity index (χ0n) is 26.1. The lowest BCUT2D eigenvalue weighted by molar-refractivity contribution is -0.0592. The number of piperidine rings is 1. The first-order valence-electron chi connectivity index (χ1n) is 16.3. The van der Waals surface area contributed by atoms with Crippen LogP contribution in [0.2, 0.25) is 0 Å². The van der Waals surface area contributed by atoms with Crippen molar-refractivity contribution in [3.63, 3.8) is 0 Å². The molecular formula is C35H40F2N6O3. The first-order chi connectivity index (χ1) is 22.4. The average molecular weight is 631 g/mol. The SMILES string of the molecule is Cc1ccc(COc2cccc(C3CCN(Cc4nc5cc(NC(=O)N6CCC(F)C6)ccc5n4CC4CCO4)CC3)n2)c(F)c1. The molecule has 9 nitrogen and oxygen atoms in total. The molecule has 2 atom stereocenters. The van der Waals surface area contributed by atoms with Crippen LogP contribution in [0, 0.1) is 12.7 Å². The van der Waals surface area contributed by atoms with Crippen LogP contribution in [0.5, 0.6) is 5.88 Å². The molecule has 46 heavy (non-hydrogen) atoms. The number of rotatable bonds is 9. The zero-order valence-corrected chi connectivity index (χ0v) is 26.1. The summed E-state index contributed by atoms with van der Waals surface area (Å²) in [6.45, 7) is 6.61. The van der Waals surface area contributed by atoms with Crippen LogP contribution in [0.3, 0.4) is 0 Å². The van der Waals surface area contributed by atoms with Gasteiger partial charge in [0.1, 0.15) is 24.4 Å². The maximum Gasteiger partial charge on any atom is 0.321 e. The van der Waals surface area contributed by atoms with Crippen molar-refractivity contribution >= 4 is 22.8 Å². The van der Waals surface area contributed by atoms with Crippen LogP contribution in [0.15, 0.2) is 54.6 Å². The van der Waals surface area contributed by atoms with Gasteiger partial charge in [-0.15, -0.1) is 0 Å². The number of aryl methyl sites for hydroxylation is 1. The van der Waals surface area contributed by atoms with E-state index in [1.54, 1.807) is 6.07 Å². The minimum atomic E-state index is -0.956. The molecule has 3 aliphatic heterocycles. The quantitative estimate of drug-likeness (QED) is 0.237. The van der Waals surface area contributed by atoms with Gasteiger partial charge in [0.05, 0.1) is 36.8 Å². The van der Waals surface area contributed by atoms with Crippen molar-refractivity contribution < 1.29 is 23.0 Å². The van der Waals surface area contributed by atoms with Gasteiger partial charge in [0, 0.05) is 42.1 Å². The van der Waals surface area contributed by atoms with Crippen LogP contribution >= 0.6 is 0 Å². The van der Waals surface area contributed by atoms with Crippen LogP contribution in [0.25, 0.3) is 11.0 Å². The topological polar surface area (TPSA) is 84.8 Å². The number of hydrogen-bond acceptors (Lipinski definition) is 6. The Morgan fingerprint density at radius 1 is 1.04 bits per heavy atom. The second-order valence-corrected chi connectivity index (χ2v) is 12.7. The van der Waals surface area contributed by atoms with Gasteiger partial charge >= 0.3 is 6.03 Å². The number of pyridine rings is 1. The normalized spacial score (nSPS) is 20.6. The van der Waals surface area contributed by atoms with Gasteiger partial charge in [-0.3, -0.25) is 4.90 Å². The fraction of sp³-hybridized carbons (Fsp3) is 0.457. The van der Waals surface area contributed by atoms with E-state index in [0.717, 1.165) is 73.6 Å². The number of alkyl halides is 1. The van der Waals surface area contributed by atoms with Crippen LogP contribution in [-0.4, -0.2) is 75.4 Å². The Labute approximate surface area is 267 Å². The lowest BCUT2D eigenvalue weighted by Crippen LogP contribution is -2.35. The summed E-state index contributed by atoms with van der Waals surface area (Å²) in [5.41, 5.74) is 4.87. The number of halogens is 2. The number of urea groups is 1. The monoisotopic (exact) mass is 630 g/mol. The smallest absolute Gasteiger partial charge is 0.321 e. The van der Waals surface area contributed by atoms with Crippen molar-refractivity contribution in [1.29, 1.82) is 0 Å². The Kier molecular flexibility index (Phi) is 8.86. The van der Waals surface area contributed by atoms with E-state index in [9.17, 15) is 13.6 Å². The highest BCUT2D eigenvalue weighted by Crippen LogP contribution is 2.30. The molecular weight excluding hydrogens is 590 g/mol. The number of aromatic nitrogens is 3. The van der Waals surface area contributed by atoms with Gasteiger partial charge in [0.15, 0.2) is 0 Å². The van der Waals surface area contributed by atoms with Crippen molar-refractivity contribution in [1.82, 2.24) is 24.3 Å². The van der Waals surface area contributed by atoms with E-state index in [0.29, 0.717) is 42.6 Å². The molecule has 5 heterocycles. The summed E-state index contributed by atoms with van der Waals surface area (Å²) in [6, 6.07) is 16.5. The first-order valence-corrected chi connectivity index (χ1v) is 16.3. The molecule has 3 fully saturated rings. The van der Waals surface area contributed by atoms with Crippen molar-refractivity contribution in [2.75, 3.05) is 38.1 Å². The van der Waals surface area contributed by atoms with Crippen molar-refractivity contribution in [2.45, 2.75) is 70.5 Å². The summed E-state index contributed by atoms with van der Waals surface area (Å²) in [5.74, 6) is 1.53. The van der Waals surface area contributed by atoms with Crippen molar-refractivity contribution in [3.8, 4) is 5.88 Å². The molecule has 3 saturated heterocycles. The Morgan fingerprint density at radius 3 is 2.63 bits per heavy atom. The predicted octanol–water partition coefficient (Wildman–Crippen LogP) is 6.20. The summed E-state index contributed by atoms with van der Waals surface area (Å²) in [5, 5.41) is 2.92. The predicted molar refractivity (Wildman–Crippen MR) is 171 cm³/mol. The van der Waals surface area contributed by atoms with E-state index in [2.05, 4.69) is 14.8 Å². The van der Waals surface area contributed by atoms with E-state index < -0.39 is 6.17 Å². The molecule has 2 amide bonds. The number of carbonyl (C=O) groups is 1. The molecule has 0 spiro atoms. The summed E-state index contributed by atoms with van der Waals surface area (Å²) in [6.07, 6.45) is 2.55. The zero-order chi connectivity index (χ0) is 31.6. The highest BCUT2D eigenvalue weighted by atomic mass is 19.1. The molecule has 0 aliphatic carbocycles. The minimum Gasteiger partial charge on any atom is -0.473 e. The Morgan fingerprint density at radius 2 is 1.89 bits per heavy atom. The molecule has 0 bridgehead atoms. The molecule has 4 aromatic rings. The molecule has 242 valence electrons. The second-order valence-electron chi connectivity index (χ2n) is 12.7. The summed E-state index contributed by atoms with van der Waals surface area (Å²) >= 11 is 0. The second kappa shape index (κ2) is 13.3. The number of amides is 2. The van der Waals surface area contributed by atoms with Crippen LogP contribution in [0.4, 0.5) is 19.3 Å². The standard InChI is InChI=1S/C35H40F2N6O3/c1-23-5-6-25(29(37)17-23)22-46-34-4-2-3-30(40-34)24-9-13-41(14-10-24)21-33-39-31-18-27(38-35(44)42-15-11-26(36)19-42)7-8-32(31)43(33)20-28-12-16-45-28/h2-8,17-18,24,26,28H,9-16,19-22H2,1H3,(H,38,44). The number of anilines is 1. The average Bonchev–Trinajstić information content (AvgIpc) is 3.61. The lowest BCUT2D eigenvalue weighted by atomic mass is 9.93. The van der Waals surface area contributed by atoms with Crippen molar-refractivity contribution in [2.24, 2.45) is 0 Å².